The van der Waals surface area contributed by atoms with Crippen molar-refractivity contribution in [3.8, 4) is 0 Å². The molecule has 66 valence electrons. The fraction of sp³-hybridized carbons (Fsp3) is 1.00. The second-order valence-electron chi connectivity index (χ2n) is 3.47. The third-order valence-electron chi connectivity index (χ3n) is 2.60. The Morgan fingerprint density at radius 1 is 1.55 bits per heavy atom. The van der Waals surface area contributed by atoms with Gasteiger partial charge in [-0.1, -0.05) is 13.3 Å². The van der Waals surface area contributed by atoms with Crippen molar-refractivity contribution in [3.05, 3.63) is 0 Å². The van der Waals surface area contributed by atoms with Gasteiger partial charge in [0.15, 0.2) is 0 Å². The minimum atomic E-state index is -0.203. The largest absolute Gasteiger partial charge is 0.378 e. The van der Waals surface area contributed by atoms with Crippen molar-refractivity contribution in [1.29, 1.82) is 0 Å². The molecule has 0 aromatic carbocycles. The number of hydrogen-bond acceptors (Lipinski definition) is 2. The standard InChI is InChI=1S/C9H19NO/c1-3-9(11)10-7-5-4-6-8(10)2/h8-9,11H,3-7H2,1-2H3. The number of rotatable bonds is 2. The van der Waals surface area contributed by atoms with Crippen LogP contribution in [0, 0.1) is 0 Å². The SMILES string of the molecule is CCC(O)N1CCCCC1C. The molecule has 0 radical (unpaired) electrons. The van der Waals surface area contributed by atoms with Crippen LogP contribution in [0.2, 0.25) is 0 Å². The predicted molar refractivity (Wildman–Crippen MR) is 46.3 cm³/mol. The van der Waals surface area contributed by atoms with Gasteiger partial charge in [0.25, 0.3) is 0 Å². The zero-order valence-corrected chi connectivity index (χ0v) is 7.58. The van der Waals surface area contributed by atoms with E-state index in [0.717, 1.165) is 13.0 Å². The van der Waals surface area contributed by atoms with Gasteiger partial charge in [0.2, 0.25) is 0 Å². The highest BCUT2D eigenvalue weighted by Gasteiger charge is 2.22. The van der Waals surface area contributed by atoms with Gasteiger partial charge in [0.05, 0.1) is 0 Å². The molecule has 1 rings (SSSR count). The number of aliphatic hydroxyl groups is 1. The summed E-state index contributed by atoms with van der Waals surface area (Å²) < 4.78 is 0. The normalized spacial score (nSPS) is 30.3. The van der Waals surface area contributed by atoms with Gasteiger partial charge < -0.3 is 5.11 Å². The maximum atomic E-state index is 9.58. The third-order valence-corrected chi connectivity index (χ3v) is 2.60. The summed E-state index contributed by atoms with van der Waals surface area (Å²) in [6.45, 7) is 5.32. The minimum absolute atomic E-state index is 0.203. The lowest BCUT2D eigenvalue weighted by Gasteiger charge is -2.36. The molecule has 2 nitrogen and oxygen atoms in total. The quantitative estimate of drug-likeness (QED) is 0.658. The Balaban J connectivity index is 2.40. The summed E-state index contributed by atoms with van der Waals surface area (Å²) in [5, 5.41) is 9.58. The molecule has 2 unspecified atom stereocenters. The van der Waals surface area contributed by atoms with Crippen LogP contribution in [0.15, 0.2) is 0 Å². The van der Waals surface area contributed by atoms with E-state index in [0.29, 0.717) is 6.04 Å². The Morgan fingerprint density at radius 2 is 2.27 bits per heavy atom. The zero-order chi connectivity index (χ0) is 8.27. The zero-order valence-electron chi connectivity index (χ0n) is 7.58. The van der Waals surface area contributed by atoms with Crippen LogP contribution in [0.3, 0.4) is 0 Å². The maximum Gasteiger partial charge on any atom is 0.107 e. The average Bonchev–Trinajstić information content (AvgIpc) is 2.04. The Morgan fingerprint density at radius 3 is 2.82 bits per heavy atom. The van der Waals surface area contributed by atoms with Crippen molar-refractivity contribution in [1.82, 2.24) is 4.90 Å². The molecule has 0 amide bonds. The molecule has 0 aliphatic carbocycles. The molecule has 1 aliphatic heterocycles. The molecule has 0 spiro atoms. The van der Waals surface area contributed by atoms with E-state index in [9.17, 15) is 5.11 Å². The second-order valence-corrected chi connectivity index (χ2v) is 3.47. The predicted octanol–water partition coefficient (Wildman–Crippen LogP) is 1.59. The lowest BCUT2D eigenvalue weighted by molar-refractivity contribution is -0.0371. The first-order valence-corrected chi connectivity index (χ1v) is 4.69. The van der Waals surface area contributed by atoms with Crippen LogP contribution in [0.25, 0.3) is 0 Å². The smallest absolute Gasteiger partial charge is 0.107 e. The van der Waals surface area contributed by atoms with E-state index in [1.165, 1.54) is 19.3 Å². The summed E-state index contributed by atoms with van der Waals surface area (Å²) in [5.41, 5.74) is 0. The number of hydrogen-bond donors (Lipinski definition) is 1. The van der Waals surface area contributed by atoms with E-state index in [4.69, 9.17) is 0 Å². The number of piperidine rings is 1. The van der Waals surface area contributed by atoms with Crippen molar-refractivity contribution in [2.45, 2.75) is 51.8 Å². The van der Waals surface area contributed by atoms with Crippen LogP contribution in [-0.4, -0.2) is 28.8 Å². The summed E-state index contributed by atoms with van der Waals surface area (Å²) in [6, 6.07) is 0.582. The molecular weight excluding hydrogens is 138 g/mol. The van der Waals surface area contributed by atoms with Crippen LogP contribution >= 0.6 is 0 Å². The van der Waals surface area contributed by atoms with Crippen molar-refractivity contribution >= 4 is 0 Å². The molecule has 11 heavy (non-hydrogen) atoms. The summed E-state index contributed by atoms with van der Waals surface area (Å²) in [6.07, 6.45) is 4.47. The molecular formula is C9H19NO. The Kier molecular flexibility index (Phi) is 3.34. The summed E-state index contributed by atoms with van der Waals surface area (Å²) in [5.74, 6) is 0. The van der Waals surface area contributed by atoms with Crippen molar-refractivity contribution in [2.24, 2.45) is 0 Å². The molecule has 2 atom stereocenters. The van der Waals surface area contributed by atoms with Crippen LogP contribution in [0.1, 0.15) is 39.5 Å². The Hall–Kier alpha value is -0.0800. The van der Waals surface area contributed by atoms with E-state index < -0.39 is 0 Å². The molecule has 1 aliphatic rings. The van der Waals surface area contributed by atoms with Crippen molar-refractivity contribution < 1.29 is 5.11 Å². The molecule has 0 aromatic heterocycles. The summed E-state index contributed by atoms with van der Waals surface area (Å²) in [4.78, 5) is 2.21. The van der Waals surface area contributed by atoms with E-state index in [1.807, 2.05) is 6.92 Å². The highest BCUT2D eigenvalue weighted by atomic mass is 16.3. The highest BCUT2D eigenvalue weighted by Crippen LogP contribution is 2.18. The highest BCUT2D eigenvalue weighted by molar-refractivity contribution is 4.74. The van der Waals surface area contributed by atoms with Crippen molar-refractivity contribution in [2.75, 3.05) is 6.54 Å². The van der Waals surface area contributed by atoms with E-state index in [-0.39, 0.29) is 6.23 Å². The van der Waals surface area contributed by atoms with Gasteiger partial charge in [-0.3, -0.25) is 4.90 Å². The fourth-order valence-corrected chi connectivity index (χ4v) is 1.80. The van der Waals surface area contributed by atoms with E-state index in [1.54, 1.807) is 0 Å². The molecule has 1 heterocycles. The first-order chi connectivity index (χ1) is 5.25. The van der Waals surface area contributed by atoms with Gasteiger partial charge in [0.1, 0.15) is 6.23 Å². The molecule has 1 saturated heterocycles. The first-order valence-electron chi connectivity index (χ1n) is 4.69. The maximum absolute atomic E-state index is 9.58. The van der Waals surface area contributed by atoms with Gasteiger partial charge in [-0.25, -0.2) is 0 Å². The number of nitrogens with zero attached hydrogens (tertiary/aromatic N) is 1. The average molecular weight is 157 g/mol. The Bertz CT molecular complexity index is 112. The van der Waals surface area contributed by atoms with Gasteiger partial charge in [0, 0.05) is 12.6 Å². The molecule has 0 bridgehead atoms. The van der Waals surface area contributed by atoms with Crippen LogP contribution in [0.5, 0.6) is 0 Å². The molecule has 2 heteroatoms. The summed E-state index contributed by atoms with van der Waals surface area (Å²) in [7, 11) is 0. The van der Waals surface area contributed by atoms with Crippen molar-refractivity contribution in [3.63, 3.8) is 0 Å². The van der Waals surface area contributed by atoms with E-state index >= 15 is 0 Å². The van der Waals surface area contributed by atoms with Gasteiger partial charge in [-0.05, 0) is 26.2 Å². The summed E-state index contributed by atoms with van der Waals surface area (Å²) >= 11 is 0. The van der Waals surface area contributed by atoms with Crippen LogP contribution in [0.4, 0.5) is 0 Å². The van der Waals surface area contributed by atoms with E-state index in [2.05, 4.69) is 11.8 Å². The lowest BCUT2D eigenvalue weighted by Crippen LogP contribution is -2.44. The molecule has 1 N–H and O–H groups in total. The second kappa shape index (κ2) is 4.07. The lowest BCUT2D eigenvalue weighted by atomic mass is 10.0. The topological polar surface area (TPSA) is 23.5 Å². The number of likely N-dealkylation sites (tertiary alicyclic amines) is 1. The molecule has 1 fully saturated rings. The molecule has 0 saturated carbocycles. The number of aliphatic hydroxyl groups excluding tert-OH is 1. The third kappa shape index (κ3) is 2.17. The first kappa shape index (κ1) is 9.01. The monoisotopic (exact) mass is 157 g/mol. The Labute approximate surface area is 69.2 Å². The molecule has 0 aromatic rings. The van der Waals surface area contributed by atoms with Crippen LogP contribution in [-0.2, 0) is 0 Å². The van der Waals surface area contributed by atoms with Crippen LogP contribution < -0.4 is 0 Å². The van der Waals surface area contributed by atoms with Gasteiger partial charge in [-0.2, -0.15) is 0 Å². The fourth-order valence-electron chi connectivity index (χ4n) is 1.80. The van der Waals surface area contributed by atoms with Gasteiger partial charge >= 0.3 is 0 Å². The van der Waals surface area contributed by atoms with Gasteiger partial charge in [-0.15, -0.1) is 0 Å². The minimum Gasteiger partial charge on any atom is -0.378 e.